The fraction of sp³-hybridized carbons (Fsp3) is 0.522. The molecule has 1 aromatic rings. The maximum atomic E-state index is 13.1. The van der Waals surface area contributed by atoms with Gasteiger partial charge in [0.05, 0.1) is 12.1 Å². The second-order valence-electron chi connectivity index (χ2n) is 8.62. The minimum Gasteiger partial charge on any atom is -0.480 e. The molecule has 0 aliphatic carbocycles. The summed E-state index contributed by atoms with van der Waals surface area (Å²) in [5.41, 5.74) is 12.0. The van der Waals surface area contributed by atoms with E-state index >= 15 is 0 Å². The number of carbonyl (C=O) groups is 5. The van der Waals surface area contributed by atoms with E-state index < -0.39 is 59.9 Å². The summed E-state index contributed by atoms with van der Waals surface area (Å²) in [6.45, 7) is 1.47. The van der Waals surface area contributed by atoms with Crippen LogP contribution in [0, 0.1) is 0 Å². The van der Waals surface area contributed by atoms with Crippen molar-refractivity contribution in [3.63, 3.8) is 0 Å². The molecule has 192 valence electrons. The molecule has 0 saturated carbocycles. The zero-order chi connectivity index (χ0) is 26.1. The number of amides is 4. The van der Waals surface area contributed by atoms with Gasteiger partial charge in [0.1, 0.15) is 18.1 Å². The molecule has 1 heterocycles. The number of hydrogen-bond donors (Lipinski definition) is 6. The maximum absolute atomic E-state index is 13.1. The molecule has 0 bridgehead atoms. The minimum absolute atomic E-state index is 0.170. The SMILES string of the molecule is CC(O)C(NC(=O)C(N)Cc1ccccc1)C(=O)NC(CCC(N)=O)C(=O)N1CCCC1C(=O)O. The van der Waals surface area contributed by atoms with Gasteiger partial charge in [-0.2, -0.15) is 0 Å². The molecule has 0 radical (unpaired) electrons. The van der Waals surface area contributed by atoms with E-state index in [4.69, 9.17) is 11.5 Å². The number of carbonyl (C=O) groups excluding carboxylic acids is 4. The highest BCUT2D eigenvalue weighted by molar-refractivity contribution is 5.94. The van der Waals surface area contributed by atoms with Crippen LogP contribution in [-0.4, -0.2) is 81.5 Å². The van der Waals surface area contributed by atoms with E-state index in [1.165, 1.54) is 6.92 Å². The fourth-order valence-electron chi connectivity index (χ4n) is 3.92. The summed E-state index contributed by atoms with van der Waals surface area (Å²) in [4.78, 5) is 62.6. The number of nitrogens with two attached hydrogens (primary N) is 2. The van der Waals surface area contributed by atoms with Crippen molar-refractivity contribution in [3.8, 4) is 0 Å². The zero-order valence-corrected chi connectivity index (χ0v) is 19.6. The lowest BCUT2D eigenvalue weighted by atomic mass is 10.0. The molecule has 0 spiro atoms. The van der Waals surface area contributed by atoms with Gasteiger partial charge in [0.25, 0.3) is 0 Å². The van der Waals surface area contributed by atoms with Gasteiger partial charge in [-0.3, -0.25) is 19.2 Å². The zero-order valence-electron chi connectivity index (χ0n) is 19.6. The number of hydrogen-bond acceptors (Lipinski definition) is 7. The molecule has 5 atom stereocenters. The number of aliphatic hydroxyl groups is 1. The smallest absolute Gasteiger partial charge is 0.326 e. The number of primary amides is 1. The third-order valence-electron chi connectivity index (χ3n) is 5.81. The molecular formula is C23H33N5O7. The highest BCUT2D eigenvalue weighted by atomic mass is 16.4. The van der Waals surface area contributed by atoms with Crippen LogP contribution in [0.1, 0.15) is 38.2 Å². The first-order valence-electron chi connectivity index (χ1n) is 11.4. The number of aliphatic carboxylic acids is 1. The van der Waals surface area contributed by atoms with Crippen molar-refractivity contribution >= 4 is 29.6 Å². The van der Waals surface area contributed by atoms with Crippen LogP contribution >= 0.6 is 0 Å². The highest BCUT2D eigenvalue weighted by Gasteiger charge is 2.39. The van der Waals surface area contributed by atoms with Crippen LogP contribution in [0.2, 0.25) is 0 Å². The second kappa shape index (κ2) is 12.8. The van der Waals surface area contributed by atoms with E-state index in [2.05, 4.69) is 10.6 Å². The van der Waals surface area contributed by atoms with Gasteiger partial charge in [-0.15, -0.1) is 0 Å². The average Bonchev–Trinajstić information content (AvgIpc) is 3.30. The number of carboxylic acids is 1. The van der Waals surface area contributed by atoms with Gasteiger partial charge in [-0.05, 0) is 38.2 Å². The van der Waals surface area contributed by atoms with E-state index in [9.17, 15) is 34.2 Å². The summed E-state index contributed by atoms with van der Waals surface area (Å²) in [6, 6.07) is 4.24. The van der Waals surface area contributed by atoms with Crippen LogP contribution in [0.4, 0.5) is 0 Å². The molecule has 1 saturated heterocycles. The van der Waals surface area contributed by atoms with Gasteiger partial charge < -0.3 is 37.2 Å². The number of nitrogens with one attached hydrogen (secondary N) is 2. The standard InChI is InChI=1S/C23H33N5O7/c1-13(29)19(27-20(31)15(24)12-14-6-3-2-4-7-14)21(32)26-16(9-10-18(25)30)22(33)28-11-5-8-17(28)23(34)35/h2-4,6-7,13,15-17,19,29H,5,8-12,24H2,1H3,(H2,25,30)(H,26,32)(H,27,31)(H,34,35). The van der Waals surface area contributed by atoms with Gasteiger partial charge in [-0.1, -0.05) is 30.3 Å². The fourth-order valence-corrected chi connectivity index (χ4v) is 3.92. The largest absolute Gasteiger partial charge is 0.480 e. The van der Waals surface area contributed by atoms with Crippen molar-refractivity contribution in [1.29, 1.82) is 0 Å². The van der Waals surface area contributed by atoms with Crippen LogP contribution in [0.15, 0.2) is 30.3 Å². The predicted octanol–water partition coefficient (Wildman–Crippen LogP) is -1.75. The Balaban J connectivity index is 2.11. The van der Waals surface area contributed by atoms with E-state index in [0.29, 0.717) is 6.42 Å². The Hall–Kier alpha value is -3.51. The molecule has 1 aromatic carbocycles. The third-order valence-corrected chi connectivity index (χ3v) is 5.81. The molecule has 5 unspecified atom stereocenters. The summed E-state index contributed by atoms with van der Waals surface area (Å²) in [6.07, 6.45) is -0.805. The van der Waals surface area contributed by atoms with Crippen LogP contribution in [-0.2, 0) is 30.4 Å². The van der Waals surface area contributed by atoms with Gasteiger partial charge in [-0.25, -0.2) is 4.79 Å². The molecule has 2 rings (SSSR count). The number of carboxylic acid groups (broad SMARTS) is 1. The van der Waals surface area contributed by atoms with Crippen molar-refractivity contribution in [3.05, 3.63) is 35.9 Å². The van der Waals surface area contributed by atoms with Crippen LogP contribution in [0.3, 0.4) is 0 Å². The first kappa shape index (κ1) is 27.7. The number of likely N-dealkylation sites (tertiary alicyclic amines) is 1. The topological polar surface area (TPSA) is 205 Å². The molecule has 35 heavy (non-hydrogen) atoms. The Morgan fingerprint density at radius 2 is 1.77 bits per heavy atom. The number of rotatable bonds is 12. The Morgan fingerprint density at radius 3 is 2.34 bits per heavy atom. The summed E-state index contributed by atoms with van der Waals surface area (Å²) in [5, 5.41) is 24.4. The van der Waals surface area contributed by atoms with Crippen molar-refractivity contribution in [2.45, 2.75) is 69.3 Å². The lowest BCUT2D eigenvalue weighted by Gasteiger charge is -2.29. The lowest BCUT2D eigenvalue weighted by molar-refractivity contribution is -0.149. The molecule has 12 heteroatoms. The summed E-state index contributed by atoms with van der Waals surface area (Å²) >= 11 is 0. The quantitative estimate of drug-likeness (QED) is 0.197. The molecular weight excluding hydrogens is 458 g/mol. The van der Waals surface area contributed by atoms with Crippen molar-refractivity contribution in [2.24, 2.45) is 11.5 Å². The molecule has 1 aliphatic rings. The molecule has 12 nitrogen and oxygen atoms in total. The highest BCUT2D eigenvalue weighted by Crippen LogP contribution is 2.19. The third kappa shape index (κ3) is 8.04. The summed E-state index contributed by atoms with van der Waals surface area (Å²) in [5.74, 6) is -4.12. The molecule has 8 N–H and O–H groups in total. The van der Waals surface area contributed by atoms with Crippen molar-refractivity contribution in [1.82, 2.24) is 15.5 Å². The number of aliphatic hydroxyl groups excluding tert-OH is 1. The van der Waals surface area contributed by atoms with Gasteiger partial charge in [0.15, 0.2) is 0 Å². The van der Waals surface area contributed by atoms with Crippen LogP contribution < -0.4 is 22.1 Å². The number of benzene rings is 1. The van der Waals surface area contributed by atoms with E-state index in [0.717, 1.165) is 10.5 Å². The van der Waals surface area contributed by atoms with Crippen molar-refractivity contribution < 1.29 is 34.2 Å². The first-order valence-corrected chi connectivity index (χ1v) is 11.4. The summed E-state index contributed by atoms with van der Waals surface area (Å²) < 4.78 is 0. The molecule has 1 fully saturated rings. The molecule has 4 amide bonds. The Kier molecular flexibility index (Phi) is 10.2. The number of nitrogens with zero attached hydrogens (tertiary/aromatic N) is 1. The van der Waals surface area contributed by atoms with Gasteiger partial charge >= 0.3 is 5.97 Å². The van der Waals surface area contributed by atoms with Crippen LogP contribution in [0.25, 0.3) is 0 Å². The first-order chi connectivity index (χ1) is 16.5. The van der Waals surface area contributed by atoms with Gasteiger partial charge in [0, 0.05) is 13.0 Å². The van der Waals surface area contributed by atoms with Crippen LogP contribution in [0.5, 0.6) is 0 Å². The van der Waals surface area contributed by atoms with E-state index in [1.807, 2.05) is 6.07 Å². The minimum atomic E-state index is -1.44. The normalized spacial score (nSPS) is 18.7. The lowest BCUT2D eigenvalue weighted by Crippen LogP contribution is -2.60. The van der Waals surface area contributed by atoms with E-state index in [-0.39, 0.29) is 32.2 Å². The van der Waals surface area contributed by atoms with Crippen molar-refractivity contribution in [2.75, 3.05) is 6.54 Å². The second-order valence-corrected chi connectivity index (χ2v) is 8.62. The monoisotopic (exact) mass is 491 g/mol. The predicted molar refractivity (Wildman–Crippen MR) is 124 cm³/mol. The van der Waals surface area contributed by atoms with E-state index in [1.54, 1.807) is 24.3 Å². The molecule has 1 aliphatic heterocycles. The van der Waals surface area contributed by atoms with Gasteiger partial charge in [0.2, 0.25) is 23.6 Å². The Bertz CT molecular complexity index is 924. The molecule has 0 aromatic heterocycles. The Labute approximate surface area is 203 Å². The maximum Gasteiger partial charge on any atom is 0.326 e. The summed E-state index contributed by atoms with van der Waals surface area (Å²) in [7, 11) is 0. The Morgan fingerprint density at radius 1 is 1.11 bits per heavy atom. The average molecular weight is 492 g/mol.